The molecule has 0 saturated carbocycles. The zero-order valence-corrected chi connectivity index (χ0v) is 9.94. The summed E-state index contributed by atoms with van der Waals surface area (Å²) in [7, 11) is 0. The predicted molar refractivity (Wildman–Crippen MR) is 65.1 cm³/mol. The van der Waals surface area contributed by atoms with Gasteiger partial charge in [0.2, 0.25) is 0 Å². The van der Waals surface area contributed by atoms with Gasteiger partial charge in [-0.2, -0.15) is 0 Å². The van der Waals surface area contributed by atoms with E-state index < -0.39 is 17.5 Å². The van der Waals surface area contributed by atoms with Crippen LogP contribution in [0.5, 0.6) is 0 Å². The molecule has 0 aromatic heterocycles. The molecule has 0 aliphatic rings. The van der Waals surface area contributed by atoms with Gasteiger partial charge in [0.15, 0.2) is 11.6 Å². The Balaban J connectivity index is 2.11. The summed E-state index contributed by atoms with van der Waals surface area (Å²) in [5.41, 5.74) is 0.617. The molecule has 0 amide bonds. The SMILES string of the molecule is Fc1cc(CNc2cccc(F)c2F)ccc1Cl. The first-order valence-corrected chi connectivity index (χ1v) is 5.57. The highest BCUT2D eigenvalue weighted by Gasteiger charge is 2.07. The van der Waals surface area contributed by atoms with Gasteiger partial charge in [0.1, 0.15) is 5.82 Å². The highest BCUT2D eigenvalue weighted by Crippen LogP contribution is 2.19. The standard InChI is InChI=1S/C13H9ClF3N/c14-9-5-4-8(6-11(9)16)7-18-12-3-1-2-10(15)13(12)17/h1-6,18H,7H2. The third-order valence-corrected chi connectivity index (χ3v) is 2.73. The Labute approximate surface area is 107 Å². The van der Waals surface area contributed by atoms with Crippen molar-refractivity contribution in [2.75, 3.05) is 5.32 Å². The van der Waals surface area contributed by atoms with E-state index >= 15 is 0 Å². The van der Waals surface area contributed by atoms with Crippen molar-refractivity contribution in [3.8, 4) is 0 Å². The van der Waals surface area contributed by atoms with Crippen LogP contribution in [0.15, 0.2) is 36.4 Å². The quantitative estimate of drug-likeness (QED) is 0.874. The molecule has 0 bridgehead atoms. The van der Waals surface area contributed by atoms with Crippen LogP contribution in [0.3, 0.4) is 0 Å². The van der Waals surface area contributed by atoms with Gasteiger partial charge in [0.05, 0.1) is 10.7 Å². The topological polar surface area (TPSA) is 12.0 Å². The summed E-state index contributed by atoms with van der Waals surface area (Å²) in [6.45, 7) is 0.175. The molecule has 18 heavy (non-hydrogen) atoms. The van der Waals surface area contributed by atoms with E-state index in [2.05, 4.69) is 5.32 Å². The first-order chi connectivity index (χ1) is 8.58. The van der Waals surface area contributed by atoms with Gasteiger partial charge in [-0.3, -0.25) is 0 Å². The average Bonchev–Trinajstić information content (AvgIpc) is 2.35. The molecule has 2 rings (SSSR count). The zero-order valence-electron chi connectivity index (χ0n) is 9.18. The number of anilines is 1. The summed E-state index contributed by atoms with van der Waals surface area (Å²) in [6, 6.07) is 8.09. The Kier molecular flexibility index (Phi) is 3.77. The van der Waals surface area contributed by atoms with Crippen molar-refractivity contribution in [2.24, 2.45) is 0 Å². The molecule has 1 N–H and O–H groups in total. The van der Waals surface area contributed by atoms with Crippen LogP contribution >= 0.6 is 11.6 Å². The van der Waals surface area contributed by atoms with Gasteiger partial charge in [0.25, 0.3) is 0 Å². The summed E-state index contributed by atoms with van der Waals surface area (Å²) in [6.07, 6.45) is 0. The normalized spacial score (nSPS) is 10.4. The number of nitrogens with one attached hydrogen (secondary N) is 1. The first kappa shape index (κ1) is 12.8. The third kappa shape index (κ3) is 2.76. The van der Waals surface area contributed by atoms with Gasteiger partial charge in [-0.1, -0.05) is 23.7 Å². The van der Waals surface area contributed by atoms with Crippen LogP contribution in [0.4, 0.5) is 18.9 Å². The van der Waals surface area contributed by atoms with E-state index in [-0.39, 0.29) is 17.3 Å². The lowest BCUT2D eigenvalue weighted by Gasteiger charge is -2.08. The molecule has 5 heteroatoms. The second-order valence-corrected chi connectivity index (χ2v) is 4.11. The molecule has 0 atom stereocenters. The molecule has 94 valence electrons. The fourth-order valence-electron chi connectivity index (χ4n) is 1.49. The largest absolute Gasteiger partial charge is 0.379 e. The van der Waals surface area contributed by atoms with Gasteiger partial charge < -0.3 is 5.32 Å². The second kappa shape index (κ2) is 5.31. The lowest BCUT2D eigenvalue weighted by Crippen LogP contribution is -2.03. The van der Waals surface area contributed by atoms with Crippen LogP contribution in [0, 0.1) is 17.5 Å². The Bertz CT molecular complexity index is 572. The molecular formula is C13H9ClF3N. The van der Waals surface area contributed by atoms with Crippen LogP contribution in [0.2, 0.25) is 5.02 Å². The zero-order chi connectivity index (χ0) is 13.1. The highest BCUT2D eigenvalue weighted by molar-refractivity contribution is 6.30. The highest BCUT2D eigenvalue weighted by atomic mass is 35.5. The first-order valence-electron chi connectivity index (χ1n) is 5.20. The molecule has 0 saturated heterocycles. The van der Waals surface area contributed by atoms with E-state index in [1.165, 1.54) is 24.3 Å². The minimum atomic E-state index is -0.952. The van der Waals surface area contributed by atoms with Crippen molar-refractivity contribution < 1.29 is 13.2 Å². The van der Waals surface area contributed by atoms with E-state index in [4.69, 9.17) is 11.6 Å². The summed E-state index contributed by atoms with van der Waals surface area (Å²) >= 11 is 5.54. The molecule has 0 heterocycles. The summed E-state index contributed by atoms with van der Waals surface area (Å²) in [5.74, 6) is -2.43. The maximum Gasteiger partial charge on any atom is 0.181 e. The fourth-order valence-corrected chi connectivity index (χ4v) is 1.60. The smallest absolute Gasteiger partial charge is 0.181 e. The van der Waals surface area contributed by atoms with Gasteiger partial charge in [-0.15, -0.1) is 0 Å². The van der Waals surface area contributed by atoms with Crippen LogP contribution in [0.1, 0.15) is 5.56 Å². The molecule has 0 unspecified atom stereocenters. The Morgan fingerprint density at radius 3 is 2.50 bits per heavy atom. The van der Waals surface area contributed by atoms with Crippen LogP contribution in [0.25, 0.3) is 0 Å². The van der Waals surface area contributed by atoms with Gasteiger partial charge >= 0.3 is 0 Å². The maximum absolute atomic E-state index is 13.3. The Morgan fingerprint density at radius 1 is 1.00 bits per heavy atom. The Morgan fingerprint density at radius 2 is 1.78 bits per heavy atom. The number of rotatable bonds is 3. The van der Waals surface area contributed by atoms with E-state index in [0.717, 1.165) is 6.07 Å². The van der Waals surface area contributed by atoms with Gasteiger partial charge in [0, 0.05) is 6.54 Å². The lowest BCUT2D eigenvalue weighted by molar-refractivity contribution is 0.511. The van der Waals surface area contributed by atoms with Crippen molar-refractivity contribution in [1.29, 1.82) is 0 Å². The van der Waals surface area contributed by atoms with E-state index in [1.807, 2.05) is 0 Å². The number of halogens is 4. The molecule has 1 nitrogen and oxygen atoms in total. The second-order valence-electron chi connectivity index (χ2n) is 3.70. The minimum Gasteiger partial charge on any atom is -0.379 e. The number of benzene rings is 2. The van der Waals surface area contributed by atoms with Crippen molar-refractivity contribution in [3.63, 3.8) is 0 Å². The maximum atomic E-state index is 13.3. The van der Waals surface area contributed by atoms with Gasteiger partial charge in [-0.25, -0.2) is 13.2 Å². The number of hydrogen-bond acceptors (Lipinski definition) is 1. The molecule has 2 aromatic carbocycles. The molecule has 0 fully saturated rings. The van der Waals surface area contributed by atoms with Crippen molar-refractivity contribution in [1.82, 2.24) is 0 Å². The Hall–Kier alpha value is -1.68. The molecular weight excluding hydrogens is 263 g/mol. The van der Waals surface area contributed by atoms with Crippen molar-refractivity contribution >= 4 is 17.3 Å². The third-order valence-electron chi connectivity index (χ3n) is 2.42. The molecule has 0 spiro atoms. The molecule has 0 radical (unpaired) electrons. The van der Waals surface area contributed by atoms with E-state index in [9.17, 15) is 13.2 Å². The summed E-state index contributed by atoms with van der Waals surface area (Å²) in [5, 5.41) is 2.72. The van der Waals surface area contributed by atoms with Crippen molar-refractivity contribution in [3.05, 3.63) is 64.4 Å². The minimum absolute atomic E-state index is 0.0238. The average molecular weight is 272 g/mol. The van der Waals surface area contributed by atoms with Crippen LogP contribution < -0.4 is 5.32 Å². The van der Waals surface area contributed by atoms with Crippen LogP contribution in [-0.2, 0) is 6.54 Å². The molecule has 0 aliphatic carbocycles. The van der Waals surface area contributed by atoms with Crippen molar-refractivity contribution in [2.45, 2.75) is 6.54 Å². The van der Waals surface area contributed by atoms with Gasteiger partial charge in [-0.05, 0) is 29.8 Å². The summed E-state index contributed by atoms with van der Waals surface area (Å²) < 4.78 is 39.4. The van der Waals surface area contributed by atoms with Crippen LogP contribution in [-0.4, -0.2) is 0 Å². The van der Waals surface area contributed by atoms with E-state index in [0.29, 0.717) is 5.56 Å². The predicted octanol–water partition coefficient (Wildman–Crippen LogP) is 4.37. The molecule has 0 aliphatic heterocycles. The monoisotopic (exact) mass is 271 g/mol. The lowest BCUT2D eigenvalue weighted by atomic mass is 10.2. The molecule has 2 aromatic rings. The summed E-state index contributed by atoms with van der Waals surface area (Å²) in [4.78, 5) is 0. The van der Waals surface area contributed by atoms with E-state index in [1.54, 1.807) is 6.07 Å². The fraction of sp³-hybridized carbons (Fsp3) is 0.0769. The number of hydrogen-bond donors (Lipinski definition) is 1.